The summed E-state index contributed by atoms with van der Waals surface area (Å²) in [6.45, 7) is 4.93. The zero-order valence-electron chi connectivity index (χ0n) is 11.1. The van der Waals surface area contributed by atoms with E-state index in [1.165, 1.54) is 0 Å². The number of nitrogens with two attached hydrogens (primary N) is 1. The highest BCUT2D eigenvalue weighted by atomic mass is 16.5. The summed E-state index contributed by atoms with van der Waals surface area (Å²) < 4.78 is 7.30. The molecule has 4 heteroatoms. The molecule has 1 aromatic heterocycles. The van der Waals surface area contributed by atoms with Gasteiger partial charge in [-0.25, -0.2) is 4.98 Å². The molecule has 2 rings (SSSR count). The normalized spacial score (nSPS) is 12.4. The summed E-state index contributed by atoms with van der Waals surface area (Å²) in [4.78, 5) is 4.48. The van der Waals surface area contributed by atoms with E-state index in [2.05, 4.69) is 16.5 Å². The van der Waals surface area contributed by atoms with Crippen molar-refractivity contribution in [1.82, 2.24) is 9.55 Å². The molecule has 1 heterocycles. The van der Waals surface area contributed by atoms with Crippen molar-refractivity contribution in [3.8, 4) is 17.1 Å². The Balaban J connectivity index is 2.43. The number of nitrogens with zero attached hydrogens (tertiary/aromatic N) is 2. The van der Waals surface area contributed by atoms with Crippen molar-refractivity contribution < 1.29 is 4.74 Å². The molecule has 2 aromatic rings. The van der Waals surface area contributed by atoms with E-state index in [9.17, 15) is 0 Å². The van der Waals surface area contributed by atoms with Crippen LogP contribution in [0.2, 0.25) is 0 Å². The molecule has 0 fully saturated rings. The van der Waals surface area contributed by atoms with Gasteiger partial charge < -0.3 is 15.0 Å². The molecule has 0 saturated heterocycles. The van der Waals surface area contributed by atoms with E-state index in [0.29, 0.717) is 0 Å². The van der Waals surface area contributed by atoms with Crippen molar-refractivity contribution in [1.29, 1.82) is 0 Å². The zero-order chi connectivity index (χ0) is 13.1. The molecule has 0 radical (unpaired) electrons. The highest BCUT2D eigenvalue weighted by Gasteiger charge is 2.13. The highest BCUT2D eigenvalue weighted by molar-refractivity contribution is 5.57. The zero-order valence-corrected chi connectivity index (χ0v) is 11.1. The van der Waals surface area contributed by atoms with Crippen LogP contribution in [-0.4, -0.2) is 16.7 Å². The van der Waals surface area contributed by atoms with Crippen LogP contribution in [0.4, 0.5) is 0 Å². The average Bonchev–Trinajstić information content (AvgIpc) is 2.82. The second kappa shape index (κ2) is 5.23. The second-order valence-corrected chi connectivity index (χ2v) is 4.27. The van der Waals surface area contributed by atoms with E-state index in [4.69, 9.17) is 10.5 Å². The number of methoxy groups -OCH3 is 1. The summed E-state index contributed by atoms with van der Waals surface area (Å²) in [6, 6.07) is 7.89. The first-order valence-corrected chi connectivity index (χ1v) is 6.12. The van der Waals surface area contributed by atoms with Gasteiger partial charge in [-0.05, 0) is 38.1 Å². The van der Waals surface area contributed by atoms with Crippen LogP contribution in [0.5, 0.6) is 5.75 Å². The van der Waals surface area contributed by atoms with Crippen LogP contribution in [-0.2, 0) is 6.54 Å². The second-order valence-electron chi connectivity index (χ2n) is 4.27. The number of hydrogen-bond donors (Lipinski definition) is 1. The maximum absolute atomic E-state index is 5.95. The molecule has 0 bridgehead atoms. The van der Waals surface area contributed by atoms with Crippen LogP contribution in [0.3, 0.4) is 0 Å². The predicted molar refractivity (Wildman–Crippen MR) is 72.5 cm³/mol. The third-order valence-corrected chi connectivity index (χ3v) is 3.02. The van der Waals surface area contributed by atoms with E-state index in [1.807, 2.05) is 37.4 Å². The van der Waals surface area contributed by atoms with Gasteiger partial charge in [0.15, 0.2) is 0 Å². The van der Waals surface area contributed by atoms with Crippen molar-refractivity contribution in [2.75, 3.05) is 7.11 Å². The molecule has 0 saturated carbocycles. The Labute approximate surface area is 107 Å². The van der Waals surface area contributed by atoms with Crippen molar-refractivity contribution in [2.24, 2.45) is 5.73 Å². The van der Waals surface area contributed by atoms with Gasteiger partial charge in [0.1, 0.15) is 11.6 Å². The quantitative estimate of drug-likeness (QED) is 0.900. The molecular formula is C14H19N3O. The summed E-state index contributed by atoms with van der Waals surface area (Å²) >= 11 is 0. The van der Waals surface area contributed by atoms with Gasteiger partial charge in [0.2, 0.25) is 0 Å². The fourth-order valence-electron chi connectivity index (χ4n) is 2.06. The molecule has 1 atom stereocenters. The van der Waals surface area contributed by atoms with Gasteiger partial charge in [0.05, 0.1) is 19.0 Å². The first-order valence-electron chi connectivity index (χ1n) is 6.12. The van der Waals surface area contributed by atoms with Gasteiger partial charge in [-0.3, -0.25) is 0 Å². The van der Waals surface area contributed by atoms with Crippen LogP contribution in [0.25, 0.3) is 11.4 Å². The molecule has 0 aliphatic heterocycles. The van der Waals surface area contributed by atoms with Gasteiger partial charge >= 0.3 is 0 Å². The Morgan fingerprint density at radius 1 is 1.33 bits per heavy atom. The number of rotatable bonds is 4. The van der Waals surface area contributed by atoms with Crippen LogP contribution in [0.15, 0.2) is 30.5 Å². The minimum atomic E-state index is -0.00977. The molecular weight excluding hydrogens is 226 g/mol. The lowest BCUT2D eigenvalue weighted by molar-refractivity contribution is 0.415. The molecule has 0 amide bonds. The van der Waals surface area contributed by atoms with Gasteiger partial charge in [0, 0.05) is 18.2 Å². The third-order valence-electron chi connectivity index (χ3n) is 3.02. The third kappa shape index (κ3) is 2.24. The molecule has 1 aromatic carbocycles. The number of ether oxygens (including phenoxy) is 1. The molecule has 1 unspecified atom stereocenters. The largest absolute Gasteiger partial charge is 0.497 e. The van der Waals surface area contributed by atoms with Crippen molar-refractivity contribution in [2.45, 2.75) is 26.4 Å². The fraction of sp³-hybridized carbons (Fsp3) is 0.357. The van der Waals surface area contributed by atoms with Crippen molar-refractivity contribution in [3.05, 3.63) is 36.2 Å². The monoisotopic (exact) mass is 245 g/mol. The molecule has 2 N–H and O–H groups in total. The molecule has 0 spiro atoms. The summed E-state index contributed by atoms with van der Waals surface area (Å²) in [5, 5.41) is 0. The molecule has 96 valence electrons. The van der Waals surface area contributed by atoms with Gasteiger partial charge in [-0.2, -0.15) is 0 Å². The Morgan fingerprint density at radius 3 is 2.50 bits per heavy atom. The summed E-state index contributed by atoms with van der Waals surface area (Å²) in [5.41, 5.74) is 8.08. The lowest BCUT2D eigenvalue weighted by Gasteiger charge is -2.12. The first kappa shape index (κ1) is 12.6. The Kier molecular flexibility index (Phi) is 3.67. The van der Waals surface area contributed by atoms with E-state index in [-0.39, 0.29) is 6.04 Å². The summed E-state index contributed by atoms with van der Waals surface area (Å²) in [5.74, 6) is 1.80. The summed E-state index contributed by atoms with van der Waals surface area (Å²) in [7, 11) is 1.66. The number of aromatic nitrogens is 2. The first-order chi connectivity index (χ1) is 8.67. The van der Waals surface area contributed by atoms with Gasteiger partial charge in [-0.1, -0.05) is 0 Å². The highest BCUT2D eigenvalue weighted by Crippen LogP contribution is 2.24. The van der Waals surface area contributed by atoms with Crippen LogP contribution in [0, 0.1) is 0 Å². The van der Waals surface area contributed by atoms with Crippen LogP contribution < -0.4 is 10.5 Å². The average molecular weight is 245 g/mol. The minimum Gasteiger partial charge on any atom is -0.497 e. The maximum atomic E-state index is 5.95. The molecule has 18 heavy (non-hydrogen) atoms. The lowest BCUT2D eigenvalue weighted by Crippen LogP contribution is -2.12. The number of hydrogen-bond acceptors (Lipinski definition) is 3. The maximum Gasteiger partial charge on any atom is 0.140 e. The number of imidazole rings is 1. The van der Waals surface area contributed by atoms with Gasteiger partial charge in [-0.15, -0.1) is 0 Å². The smallest absolute Gasteiger partial charge is 0.140 e. The van der Waals surface area contributed by atoms with Crippen LogP contribution in [0.1, 0.15) is 25.6 Å². The molecule has 0 aliphatic rings. The van der Waals surface area contributed by atoms with Crippen molar-refractivity contribution >= 4 is 0 Å². The topological polar surface area (TPSA) is 53.1 Å². The van der Waals surface area contributed by atoms with E-state index in [0.717, 1.165) is 29.4 Å². The fourth-order valence-corrected chi connectivity index (χ4v) is 2.06. The Bertz CT molecular complexity index is 514. The Morgan fingerprint density at radius 2 is 2.00 bits per heavy atom. The molecule has 4 nitrogen and oxygen atoms in total. The minimum absolute atomic E-state index is 0.00977. The van der Waals surface area contributed by atoms with E-state index >= 15 is 0 Å². The summed E-state index contributed by atoms with van der Waals surface area (Å²) in [6.07, 6.45) is 1.85. The van der Waals surface area contributed by atoms with Crippen LogP contribution >= 0.6 is 0 Å². The Hall–Kier alpha value is -1.81. The molecule has 0 aliphatic carbocycles. The van der Waals surface area contributed by atoms with E-state index in [1.54, 1.807) is 7.11 Å². The predicted octanol–water partition coefficient (Wildman–Crippen LogP) is 2.60. The standard InChI is InChI=1S/C14H19N3O/c1-4-17-13(10(2)15)9-16-14(17)11-5-7-12(18-3)8-6-11/h5-10H,4,15H2,1-3H3. The van der Waals surface area contributed by atoms with E-state index < -0.39 is 0 Å². The van der Waals surface area contributed by atoms with Crippen molar-refractivity contribution in [3.63, 3.8) is 0 Å². The lowest BCUT2D eigenvalue weighted by atomic mass is 10.2. The number of benzene rings is 1. The van der Waals surface area contributed by atoms with Gasteiger partial charge in [0.25, 0.3) is 0 Å². The SMILES string of the molecule is CCn1c(C(C)N)cnc1-c1ccc(OC)cc1.